The Morgan fingerprint density at radius 1 is 0.476 bits per heavy atom. The molecule has 0 amide bonds. The predicted molar refractivity (Wildman–Crippen MR) is 383 cm³/mol. The summed E-state index contributed by atoms with van der Waals surface area (Å²) in [5, 5.41) is 0. The highest BCUT2D eigenvalue weighted by Gasteiger charge is 2.36. The Kier molecular flexibility index (Phi) is 68.0. The molecule has 1 spiro atoms. The van der Waals surface area contributed by atoms with Gasteiger partial charge in [-0.05, 0) is 94.6 Å². The Labute approximate surface area is 551 Å². The van der Waals surface area contributed by atoms with Crippen LogP contribution < -0.4 is 0 Å². The summed E-state index contributed by atoms with van der Waals surface area (Å²) in [4.78, 5) is 0. The molecule has 4 saturated carbocycles. The molecule has 0 aromatic rings. The molecule has 0 aromatic heterocycles. The Hall–Kier alpha value is -0.420. The molecule has 0 N–H and O–H groups in total. The van der Waals surface area contributed by atoms with Crippen molar-refractivity contribution in [1.29, 1.82) is 0 Å². The van der Waals surface area contributed by atoms with Gasteiger partial charge in [0, 0.05) is 29.3 Å². The molecule has 0 radical (unpaired) electrons. The molecule has 0 heterocycles. The molecule has 0 nitrogen and oxygen atoms in total. The lowest BCUT2D eigenvalue weighted by molar-refractivity contribution is -0.144. The minimum Gasteiger partial charge on any atom is -0.171 e. The smallest absolute Gasteiger partial charge is 0.171 e. The standard InChI is InChI=1S/C11H20.C7H14.2C6H11F3.C6H12.C6H14.3C5H12.4C4H10.C3H8.C2H6/c1-10-4-8-11(9-5-10)6-2-3-7-11;1-7-5-3-2-4-6-7;2*1-3-5(2)4-6(7,8)9;1-6-4-2-3-5-6;1-5-6(2,3)4;2*1-5(2,3)4;1-4-5(2)3;2*1-4(2)3;2*1-3-4-2;1-3-2;1-2/h10H,2-9H2,1H3;7H,2-6H2,1H3;2*5H,3-4H2,1-2H3;6H,2-5H2,1H3;5H2,1-4H3;2*1-4H3;5H,4H2,1-3H3;2*4H,1-3H3;2*3-4H2,1-2H3;3H2,1-2H3;1-2H3/i;7D;;;6D;5D2;1D3;;4D2;4D;;3D2;;;. The largest absolute Gasteiger partial charge is 0.389 e. The lowest BCUT2D eigenvalue weighted by atomic mass is 9.70. The molecular formula is C78H172F6. The minimum atomic E-state index is -3.98. The van der Waals surface area contributed by atoms with Crippen molar-refractivity contribution in [2.24, 2.45) is 68.9 Å². The Morgan fingerprint density at radius 2 is 0.702 bits per heavy atom. The van der Waals surface area contributed by atoms with Gasteiger partial charge in [0.1, 0.15) is 0 Å². The second-order valence-corrected chi connectivity index (χ2v) is 29.1. The van der Waals surface area contributed by atoms with Gasteiger partial charge in [0.15, 0.2) is 0 Å². The molecule has 0 aromatic carbocycles. The van der Waals surface area contributed by atoms with Crippen molar-refractivity contribution < 1.29 is 42.8 Å². The summed E-state index contributed by atoms with van der Waals surface area (Å²) in [7, 11) is 0. The van der Waals surface area contributed by atoms with Gasteiger partial charge in [0.2, 0.25) is 0 Å². The Morgan fingerprint density at radius 3 is 0.821 bits per heavy atom. The monoisotopic (exact) mass is 1240 g/mol. The van der Waals surface area contributed by atoms with Crippen LogP contribution in [0.5, 0.6) is 0 Å². The molecule has 6 heteroatoms. The highest BCUT2D eigenvalue weighted by Crippen LogP contribution is 2.50. The number of hydrogen-bond acceptors (Lipinski definition) is 0. The van der Waals surface area contributed by atoms with E-state index in [1.165, 1.54) is 77.0 Å². The van der Waals surface area contributed by atoms with Crippen molar-refractivity contribution in [2.45, 2.75) is 441 Å². The van der Waals surface area contributed by atoms with E-state index in [0.717, 1.165) is 42.9 Å². The first kappa shape index (κ1) is 79.7. The van der Waals surface area contributed by atoms with Gasteiger partial charge in [-0.3, -0.25) is 0 Å². The SMILES string of the molecule is CC.CC(C)(C)C.CC(C)C.CC1CCC2(CCCC2)CC1.CCC.CCC(C)CC(F)(F)F.CCC(C)CC(F)(F)F.CCCC.[2H]C(C)(C)C.[2H]C([2H])(C)C(C)(C)C.[2H]C([2H])(C)C(C)C.[2H]C([2H])(C)CC.[2H]C([2H])([2H])C(C)(C)C.[2H]C1(C)CCCC1.[2H]C1(C)CCCCC1. The van der Waals surface area contributed by atoms with Crippen LogP contribution in [0.25, 0.3) is 0 Å². The van der Waals surface area contributed by atoms with Gasteiger partial charge < -0.3 is 0 Å². The van der Waals surface area contributed by atoms with E-state index in [1.54, 1.807) is 94.9 Å². The van der Waals surface area contributed by atoms with Crippen LogP contribution in [0.4, 0.5) is 26.3 Å². The van der Waals surface area contributed by atoms with Crippen molar-refractivity contribution >= 4 is 0 Å². The molecule has 2 unspecified atom stereocenters. The van der Waals surface area contributed by atoms with Crippen LogP contribution in [-0.4, -0.2) is 12.4 Å². The van der Waals surface area contributed by atoms with Crippen LogP contribution in [-0.2, 0) is 0 Å². The van der Waals surface area contributed by atoms with Gasteiger partial charge in [0.05, 0.1) is 0 Å². The van der Waals surface area contributed by atoms with Crippen molar-refractivity contribution in [1.82, 2.24) is 0 Å². The van der Waals surface area contributed by atoms with E-state index in [1.807, 2.05) is 90.0 Å². The number of halogens is 6. The molecule has 0 bridgehead atoms. The average Bonchev–Trinajstić information content (AvgIpc) is 2.27. The van der Waals surface area contributed by atoms with Gasteiger partial charge in [-0.25, -0.2) is 0 Å². The summed E-state index contributed by atoms with van der Waals surface area (Å²) in [6.45, 7) is 66.0. The summed E-state index contributed by atoms with van der Waals surface area (Å²) in [6, 6.07) is 0. The zero-order chi connectivity index (χ0) is 80.1. The lowest BCUT2D eigenvalue weighted by Gasteiger charge is -2.36. The van der Waals surface area contributed by atoms with Crippen LogP contribution in [0.15, 0.2) is 0 Å². The molecule has 4 aliphatic carbocycles. The van der Waals surface area contributed by atoms with Gasteiger partial charge in [-0.1, -0.05) is 390 Å². The fourth-order valence-corrected chi connectivity index (χ4v) is 6.21. The maximum absolute atomic E-state index is 11.5. The second kappa shape index (κ2) is 71.7. The van der Waals surface area contributed by atoms with Crippen LogP contribution >= 0.6 is 0 Å². The van der Waals surface area contributed by atoms with E-state index in [4.69, 9.17) is 16.4 Å². The first-order chi connectivity index (χ1) is 42.2. The van der Waals surface area contributed by atoms with Crippen molar-refractivity contribution in [3.8, 4) is 0 Å². The van der Waals surface area contributed by atoms with Crippen LogP contribution in [0.3, 0.4) is 0 Å². The zero-order valence-corrected chi connectivity index (χ0v) is 64.3. The normalized spacial score (nSPS) is 19.8. The summed E-state index contributed by atoms with van der Waals surface area (Å²) in [5.74, 6) is 1.15. The third-order valence-electron chi connectivity index (χ3n) is 11.9. The van der Waals surface area contributed by atoms with E-state index in [2.05, 4.69) is 83.1 Å². The quantitative estimate of drug-likeness (QED) is 0.223. The molecule has 0 saturated heterocycles. The van der Waals surface area contributed by atoms with E-state index in [-0.39, 0.29) is 40.9 Å². The minimum absolute atomic E-state index is 0.0556. The lowest BCUT2D eigenvalue weighted by Crippen LogP contribution is -2.23. The maximum atomic E-state index is 11.5. The fraction of sp³-hybridized carbons (Fsp3) is 1.00. The summed E-state index contributed by atoms with van der Waals surface area (Å²) in [5.41, 5.74) is 0.562. The Bertz CT molecular complexity index is 1460. The summed E-state index contributed by atoms with van der Waals surface area (Å²) >= 11 is 0. The predicted octanol–water partition coefficient (Wildman–Crippen LogP) is 32.5. The summed E-state index contributed by atoms with van der Waals surface area (Å²) in [6.07, 6.45) is 16.6. The van der Waals surface area contributed by atoms with E-state index in [9.17, 15) is 26.3 Å². The Balaban J connectivity index is -0.0000000909. The van der Waals surface area contributed by atoms with Crippen molar-refractivity contribution in [3.05, 3.63) is 0 Å². The highest BCUT2D eigenvalue weighted by molar-refractivity contribution is 4.88. The third-order valence-corrected chi connectivity index (χ3v) is 11.9. The van der Waals surface area contributed by atoms with Gasteiger partial charge in [-0.15, -0.1) is 0 Å². The van der Waals surface area contributed by atoms with Gasteiger partial charge in [0.25, 0.3) is 0 Å². The topological polar surface area (TPSA) is 0 Å². The molecule has 2 atom stereocenters. The fourth-order valence-electron chi connectivity index (χ4n) is 6.21. The number of unbranched alkanes of at least 4 members (excludes halogenated alkanes) is 1. The first-order valence-corrected chi connectivity index (χ1v) is 34.3. The molecule has 4 aliphatic rings. The second-order valence-electron chi connectivity index (χ2n) is 29.1. The van der Waals surface area contributed by atoms with Gasteiger partial charge in [-0.2, -0.15) is 26.3 Å². The molecule has 526 valence electrons. The molecule has 84 heavy (non-hydrogen) atoms. The maximum Gasteiger partial charge on any atom is 0.389 e. The van der Waals surface area contributed by atoms with E-state index < -0.39 is 56.6 Å². The number of hydrogen-bond donors (Lipinski definition) is 0. The highest BCUT2D eigenvalue weighted by atomic mass is 19.4. The van der Waals surface area contributed by atoms with Crippen LogP contribution in [0.2, 0.25) is 0 Å². The molecule has 0 aliphatic heterocycles. The van der Waals surface area contributed by atoms with Crippen molar-refractivity contribution in [3.63, 3.8) is 0 Å². The van der Waals surface area contributed by atoms with Crippen LogP contribution in [0, 0.1) is 68.9 Å². The number of alkyl halides is 6. The zero-order valence-electron chi connectivity index (χ0n) is 76.3. The summed E-state index contributed by atoms with van der Waals surface area (Å²) < 4.78 is 154. The van der Waals surface area contributed by atoms with Crippen LogP contribution in [0.1, 0.15) is 445 Å². The van der Waals surface area contributed by atoms with E-state index in [0.29, 0.717) is 24.7 Å². The molecular weight excluding hydrogens is 1050 g/mol. The van der Waals surface area contributed by atoms with Gasteiger partial charge >= 0.3 is 12.4 Å². The average molecular weight is 1240 g/mol. The molecule has 4 fully saturated rings. The third kappa shape index (κ3) is 165. The first-order valence-electron chi connectivity index (χ1n) is 40.3. The number of rotatable bonds is 7. The molecule has 4 rings (SSSR count). The van der Waals surface area contributed by atoms with Crippen molar-refractivity contribution in [2.75, 3.05) is 0 Å². The van der Waals surface area contributed by atoms with E-state index >= 15 is 0 Å².